The van der Waals surface area contributed by atoms with Gasteiger partial charge in [-0.3, -0.25) is 4.79 Å². The first-order chi connectivity index (χ1) is 13.4. The Morgan fingerprint density at radius 2 is 1.82 bits per heavy atom. The lowest BCUT2D eigenvalue weighted by atomic mass is 10.1. The van der Waals surface area contributed by atoms with Crippen LogP contribution in [-0.4, -0.2) is 42.3 Å². The maximum Gasteiger partial charge on any atom is 0.248 e. The van der Waals surface area contributed by atoms with E-state index in [1.54, 1.807) is 0 Å². The minimum Gasteiger partial charge on any atom is -0.316 e. The average molecular weight is 479 g/mol. The van der Waals surface area contributed by atoms with Crippen molar-refractivity contribution in [1.29, 1.82) is 0 Å². The number of benzene rings is 2. The van der Waals surface area contributed by atoms with E-state index in [0.717, 1.165) is 15.7 Å². The van der Waals surface area contributed by atoms with Gasteiger partial charge in [0.05, 0.1) is 17.5 Å². The number of aliphatic imine (C=N–C) groups is 1. The predicted molar refractivity (Wildman–Crippen MR) is 118 cm³/mol. The molecule has 146 valence electrons. The second-order valence-corrected chi connectivity index (χ2v) is 11.2. The van der Waals surface area contributed by atoms with Crippen molar-refractivity contribution >= 4 is 54.3 Å². The van der Waals surface area contributed by atoms with Gasteiger partial charge in [0.15, 0.2) is 15.0 Å². The number of sulfone groups is 1. The largest absolute Gasteiger partial charge is 0.316 e. The third kappa shape index (κ3) is 4.34. The summed E-state index contributed by atoms with van der Waals surface area (Å²) in [5.74, 6) is 0.0427. The lowest BCUT2D eigenvalue weighted by Crippen LogP contribution is -2.37. The highest BCUT2D eigenvalue weighted by Gasteiger charge is 2.49. The van der Waals surface area contributed by atoms with Crippen LogP contribution in [0.25, 0.3) is 0 Å². The number of anilines is 1. The van der Waals surface area contributed by atoms with Crippen LogP contribution in [0.15, 0.2) is 64.1 Å². The molecule has 1 amide bonds. The number of thioether (sulfide) groups is 1. The normalized spacial score (nSPS) is 24.5. The van der Waals surface area contributed by atoms with E-state index in [-0.39, 0.29) is 28.7 Å². The minimum atomic E-state index is -3.06. The van der Waals surface area contributed by atoms with Crippen LogP contribution < -0.4 is 4.90 Å². The van der Waals surface area contributed by atoms with Gasteiger partial charge >= 0.3 is 0 Å². The van der Waals surface area contributed by atoms with Crippen molar-refractivity contribution in [2.45, 2.75) is 24.1 Å². The molecule has 0 radical (unpaired) electrons. The van der Waals surface area contributed by atoms with Crippen LogP contribution >= 0.6 is 27.7 Å². The molecule has 2 aromatic rings. The molecule has 28 heavy (non-hydrogen) atoms. The number of amidine groups is 1. The maximum absolute atomic E-state index is 12.5. The standard InChI is InChI=1S/C20H19BrN2O3S2/c21-15-7-9-16(10-8-15)23-17-12-28(25,26)13-18(17)27-20(23)22-19(24)11-6-14-4-2-1-3-5-14/h1-5,7-10,17-18H,6,11-13H2. The van der Waals surface area contributed by atoms with E-state index in [1.807, 2.05) is 59.5 Å². The minimum absolute atomic E-state index is 0.0886. The average Bonchev–Trinajstić information content (AvgIpc) is 3.12. The van der Waals surface area contributed by atoms with Crippen molar-refractivity contribution in [3.05, 3.63) is 64.6 Å². The molecule has 0 aromatic heterocycles. The molecule has 4 rings (SSSR count). The molecule has 2 aliphatic heterocycles. The molecule has 0 aliphatic carbocycles. The van der Waals surface area contributed by atoms with E-state index < -0.39 is 9.84 Å². The Kier molecular flexibility index (Phi) is 5.62. The fourth-order valence-electron chi connectivity index (χ4n) is 3.53. The molecule has 2 fully saturated rings. The second kappa shape index (κ2) is 8.00. The van der Waals surface area contributed by atoms with Crippen molar-refractivity contribution in [2.75, 3.05) is 16.4 Å². The van der Waals surface area contributed by atoms with E-state index in [4.69, 9.17) is 0 Å². The van der Waals surface area contributed by atoms with Crippen LogP contribution in [0.1, 0.15) is 12.0 Å². The number of halogens is 1. The van der Waals surface area contributed by atoms with Crippen LogP contribution in [-0.2, 0) is 21.1 Å². The SMILES string of the molecule is O=C(CCc1ccccc1)N=C1SC2CS(=O)(=O)CC2N1c1ccc(Br)cc1. The summed E-state index contributed by atoms with van der Waals surface area (Å²) < 4.78 is 25.2. The zero-order valence-corrected chi connectivity index (χ0v) is 18.2. The molecule has 2 atom stereocenters. The number of fused-ring (bicyclic) bond motifs is 1. The van der Waals surface area contributed by atoms with E-state index in [0.29, 0.717) is 18.0 Å². The van der Waals surface area contributed by atoms with Gasteiger partial charge in [-0.25, -0.2) is 8.42 Å². The highest BCUT2D eigenvalue weighted by Crippen LogP contribution is 2.41. The molecule has 0 saturated carbocycles. The van der Waals surface area contributed by atoms with Gasteiger partial charge in [-0.05, 0) is 36.2 Å². The Morgan fingerprint density at radius 1 is 1.11 bits per heavy atom. The summed E-state index contributed by atoms with van der Waals surface area (Å²) in [5, 5.41) is 0.514. The van der Waals surface area contributed by atoms with Crippen LogP contribution in [0.5, 0.6) is 0 Å². The smallest absolute Gasteiger partial charge is 0.248 e. The molecule has 0 N–H and O–H groups in total. The zero-order valence-electron chi connectivity index (χ0n) is 15.0. The quantitative estimate of drug-likeness (QED) is 0.670. The summed E-state index contributed by atoms with van der Waals surface area (Å²) in [6.07, 6.45) is 0.969. The van der Waals surface area contributed by atoms with Crippen molar-refractivity contribution in [2.24, 2.45) is 4.99 Å². The highest BCUT2D eigenvalue weighted by molar-refractivity contribution is 9.10. The maximum atomic E-state index is 12.5. The number of carbonyl (C=O) groups is 1. The zero-order chi connectivity index (χ0) is 19.7. The van der Waals surface area contributed by atoms with Gasteiger partial charge in [0, 0.05) is 21.8 Å². The second-order valence-electron chi connectivity index (χ2n) is 6.92. The number of hydrogen-bond acceptors (Lipinski definition) is 4. The number of carbonyl (C=O) groups excluding carboxylic acids is 1. The third-order valence-corrected chi connectivity index (χ3v) is 8.60. The van der Waals surface area contributed by atoms with Gasteiger partial charge in [-0.15, -0.1) is 0 Å². The molecule has 2 heterocycles. The van der Waals surface area contributed by atoms with Crippen molar-refractivity contribution in [3.63, 3.8) is 0 Å². The fourth-order valence-corrected chi connectivity index (χ4v) is 7.72. The first-order valence-electron chi connectivity index (χ1n) is 8.99. The Labute approximate surface area is 177 Å². The Morgan fingerprint density at radius 3 is 2.54 bits per heavy atom. The van der Waals surface area contributed by atoms with Crippen molar-refractivity contribution in [3.8, 4) is 0 Å². The lowest BCUT2D eigenvalue weighted by molar-refractivity contribution is -0.117. The topological polar surface area (TPSA) is 66.8 Å². The lowest BCUT2D eigenvalue weighted by Gasteiger charge is -2.24. The van der Waals surface area contributed by atoms with Crippen LogP contribution in [0.2, 0.25) is 0 Å². The van der Waals surface area contributed by atoms with Gasteiger partial charge in [-0.1, -0.05) is 58.0 Å². The summed E-state index contributed by atoms with van der Waals surface area (Å²) in [7, 11) is -3.06. The van der Waals surface area contributed by atoms with E-state index in [9.17, 15) is 13.2 Å². The Balaban J connectivity index is 1.56. The molecule has 0 spiro atoms. The van der Waals surface area contributed by atoms with E-state index in [1.165, 1.54) is 11.8 Å². The molecule has 2 saturated heterocycles. The molecule has 2 unspecified atom stereocenters. The molecular weight excluding hydrogens is 460 g/mol. The van der Waals surface area contributed by atoms with Crippen molar-refractivity contribution < 1.29 is 13.2 Å². The first-order valence-corrected chi connectivity index (χ1v) is 12.5. The molecule has 2 aromatic carbocycles. The summed E-state index contributed by atoms with van der Waals surface area (Å²) in [6.45, 7) is 0. The van der Waals surface area contributed by atoms with Crippen LogP contribution in [0.4, 0.5) is 5.69 Å². The van der Waals surface area contributed by atoms with Gasteiger partial charge in [0.25, 0.3) is 0 Å². The summed E-state index contributed by atoms with van der Waals surface area (Å²) >= 11 is 4.83. The number of rotatable bonds is 4. The molecule has 2 aliphatic rings. The van der Waals surface area contributed by atoms with E-state index in [2.05, 4.69) is 20.9 Å². The predicted octanol–water partition coefficient (Wildman–Crippen LogP) is 3.68. The van der Waals surface area contributed by atoms with Gasteiger partial charge < -0.3 is 4.90 Å². The van der Waals surface area contributed by atoms with Crippen molar-refractivity contribution in [1.82, 2.24) is 0 Å². The van der Waals surface area contributed by atoms with Crippen LogP contribution in [0, 0.1) is 0 Å². The van der Waals surface area contributed by atoms with Gasteiger partial charge in [0.2, 0.25) is 5.91 Å². The first kappa shape index (κ1) is 19.7. The Hall–Kier alpha value is -1.64. The highest BCUT2D eigenvalue weighted by atomic mass is 79.9. The number of nitrogens with zero attached hydrogens (tertiary/aromatic N) is 2. The number of amides is 1. The Bertz CT molecular complexity index is 1010. The molecule has 0 bridgehead atoms. The van der Waals surface area contributed by atoms with Gasteiger partial charge in [0.1, 0.15) is 0 Å². The van der Waals surface area contributed by atoms with Crippen LogP contribution in [0.3, 0.4) is 0 Å². The third-order valence-electron chi connectivity index (χ3n) is 4.86. The number of hydrogen-bond donors (Lipinski definition) is 0. The molecule has 8 heteroatoms. The summed E-state index contributed by atoms with van der Waals surface area (Å²) in [5.41, 5.74) is 1.96. The molecule has 5 nitrogen and oxygen atoms in total. The van der Waals surface area contributed by atoms with Gasteiger partial charge in [-0.2, -0.15) is 4.99 Å². The summed E-state index contributed by atoms with van der Waals surface area (Å²) in [6, 6.07) is 17.3. The monoisotopic (exact) mass is 478 g/mol. The fraction of sp³-hybridized carbons (Fsp3) is 0.300. The number of aryl methyl sites for hydroxylation is 1. The summed E-state index contributed by atoms with van der Waals surface area (Å²) in [4.78, 5) is 18.8. The molecular formula is C20H19BrN2O3S2. The van der Waals surface area contributed by atoms with E-state index >= 15 is 0 Å².